The summed E-state index contributed by atoms with van der Waals surface area (Å²) >= 11 is 1.84. The van der Waals surface area contributed by atoms with Crippen LogP contribution < -0.4 is 5.32 Å². The first-order valence-electron chi connectivity index (χ1n) is 6.13. The highest BCUT2D eigenvalue weighted by molar-refractivity contribution is 7.99. The van der Waals surface area contributed by atoms with Crippen molar-refractivity contribution in [1.29, 1.82) is 0 Å². The second kappa shape index (κ2) is 6.06. The molecule has 2 rings (SSSR count). The highest BCUT2D eigenvalue weighted by Gasteiger charge is 2.25. The van der Waals surface area contributed by atoms with E-state index in [-0.39, 0.29) is 17.6 Å². The molecule has 1 aliphatic rings. The Labute approximate surface area is 115 Å². The highest BCUT2D eigenvalue weighted by atomic mass is 32.2. The molecule has 2 atom stereocenters. The number of carbonyl (C=O) groups is 2. The number of carboxylic acids is 1. The lowest BCUT2D eigenvalue weighted by molar-refractivity contribution is 0.0689. The van der Waals surface area contributed by atoms with Crippen molar-refractivity contribution in [2.75, 3.05) is 6.26 Å². The molecule has 0 aromatic carbocycles. The average Bonchev–Trinajstić information content (AvgIpc) is 2.86. The topological polar surface area (TPSA) is 79.3 Å². The van der Waals surface area contributed by atoms with Gasteiger partial charge in [0.25, 0.3) is 5.91 Å². The lowest BCUT2D eigenvalue weighted by Gasteiger charge is -2.12. The molecule has 0 saturated heterocycles. The minimum atomic E-state index is -1.09. The number of hydrogen-bond acceptors (Lipinski definition) is 4. The van der Waals surface area contributed by atoms with Gasteiger partial charge in [0, 0.05) is 17.5 Å². The molecule has 6 heteroatoms. The van der Waals surface area contributed by atoms with Crippen LogP contribution in [-0.2, 0) is 0 Å². The number of thioether (sulfide) groups is 1. The van der Waals surface area contributed by atoms with Crippen LogP contribution in [0.4, 0.5) is 0 Å². The molecule has 102 valence electrons. The molecule has 1 aliphatic carbocycles. The molecule has 1 aromatic rings. The van der Waals surface area contributed by atoms with Gasteiger partial charge in [-0.05, 0) is 37.7 Å². The minimum absolute atomic E-state index is 0.0557. The van der Waals surface area contributed by atoms with Gasteiger partial charge >= 0.3 is 5.97 Å². The van der Waals surface area contributed by atoms with Gasteiger partial charge < -0.3 is 10.4 Å². The Morgan fingerprint density at radius 2 is 2.21 bits per heavy atom. The number of aromatic carboxylic acids is 1. The number of amides is 1. The van der Waals surface area contributed by atoms with E-state index in [2.05, 4.69) is 16.6 Å². The van der Waals surface area contributed by atoms with Gasteiger partial charge in [-0.2, -0.15) is 11.8 Å². The number of carbonyl (C=O) groups excluding carboxylic acids is 1. The zero-order valence-electron chi connectivity index (χ0n) is 10.6. The van der Waals surface area contributed by atoms with Gasteiger partial charge in [-0.15, -0.1) is 0 Å². The normalized spacial score (nSPS) is 22.2. The molecule has 0 bridgehead atoms. The molecule has 19 heavy (non-hydrogen) atoms. The molecule has 1 amide bonds. The van der Waals surface area contributed by atoms with Gasteiger partial charge in [-0.25, -0.2) is 9.78 Å². The van der Waals surface area contributed by atoms with Gasteiger partial charge in [0.05, 0.1) is 5.56 Å². The SMILES string of the molecule is CSC1CCC(NC(=O)c2ccc(C(=O)O)nc2)C1. The van der Waals surface area contributed by atoms with Crippen molar-refractivity contribution >= 4 is 23.6 Å². The zero-order chi connectivity index (χ0) is 13.8. The lowest BCUT2D eigenvalue weighted by atomic mass is 10.2. The van der Waals surface area contributed by atoms with Crippen molar-refractivity contribution in [2.24, 2.45) is 0 Å². The number of nitrogens with one attached hydrogen (secondary N) is 1. The largest absolute Gasteiger partial charge is 0.477 e. The third-order valence-corrected chi connectivity index (χ3v) is 4.39. The molecule has 1 saturated carbocycles. The second-order valence-electron chi connectivity index (χ2n) is 4.58. The number of carboxylic acid groups (broad SMARTS) is 1. The Bertz CT molecular complexity index is 475. The van der Waals surface area contributed by atoms with Crippen LogP contribution in [0.3, 0.4) is 0 Å². The summed E-state index contributed by atoms with van der Waals surface area (Å²) in [5.74, 6) is -1.28. The fourth-order valence-electron chi connectivity index (χ4n) is 2.21. The Kier molecular flexibility index (Phi) is 4.42. The van der Waals surface area contributed by atoms with E-state index in [1.165, 1.54) is 18.3 Å². The number of aromatic nitrogens is 1. The van der Waals surface area contributed by atoms with Crippen LogP contribution in [-0.4, -0.2) is 39.5 Å². The Morgan fingerprint density at radius 1 is 1.42 bits per heavy atom. The molecule has 0 spiro atoms. The summed E-state index contributed by atoms with van der Waals surface area (Å²) in [6, 6.07) is 3.05. The predicted molar refractivity (Wildman–Crippen MR) is 73.6 cm³/mol. The lowest BCUT2D eigenvalue weighted by Crippen LogP contribution is -2.33. The van der Waals surface area contributed by atoms with Crippen LogP contribution in [0.25, 0.3) is 0 Å². The molecular weight excluding hydrogens is 264 g/mol. The predicted octanol–water partition coefficient (Wildman–Crippen LogP) is 1.79. The Morgan fingerprint density at radius 3 is 2.74 bits per heavy atom. The first-order valence-corrected chi connectivity index (χ1v) is 7.42. The fourth-order valence-corrected chi connectivity index (χ4v) is 3.01. The van der Waals surface area contributed by atoms with Crippen molar-refractivity contribution in [1.82, 2.24) is 10.3 Å². The third-order valence-electron chi connectivity index (χ3n) is 3.30. The van der Waals surface area contributed by atoms with E-state index in [1.54, 1.807) is 0 Å². The van der Waals surface area contributed by atoms with Gasteiger partial charge in [0.15, 0.2) is 0 Å². The van der Waals surface area contributed by atoms with Gasteiger partial charge in [-0.3, -0.25) is 4.79 Å². The first kappa shape index (κ1) is 13.9. The monoisotopic (exact) mass is 280 g/mol. The van der Waals surface area contributed by atoms with Crippen LogP contribution >= 0.6 is 11.8 Å². The quantitative estimate of drug-likeness (QED) is 0.879. The summed E-state index contributed by atoms with van der Waals surface area (Å²) in [6.07, 6.45) is 6.51. The van der Waals surface area contributed by atoms with E-state index < -0.39 is 5.97 Å². The molecular formula is C13H16N2O3S. The summed E-state index contributed by atoms with van der Waals surface area (Å²) in [6.45, 7) is 0. The second-order valence-corrected chi connectivity index (χ2v) is 5.72. The van der Waals surface area contributed by atoms with Crippen LogP contribution in [0.1, 0.15) is 40.1 Å². The molecule has 0 radical (unpaired) electrons. The van der Waals surface area contributed by atoms with E-state index in [1.807, 2.05) is 11.8 Å². The van der Waals surface area contributed by atoms with E-state index in [0.29, 0.717) is 10.8 Å². The van der Waals surface area contributed by atoms with Gasteiger partial charge in [0.1, 0.15) is 5.69 Å². The van der Waals surface area contributed by atoms with Gasteiger partial charge in [-0.1, -0.05) is 0 Å². The maximum Gasteiger partial charge on any atom is 0.354 e. The van der Waals surface area contributed by atoms with E-state index >= 15 is 0 Å². The van der Waals surface area contributed by atoms with Crippen molar-refractivity contribution in [2.45, 2.75) is 30.6 Å². The molecule has 1 heterocycles. The maximum absolute atomic E-state index is 12.0. The summed E-state index contributed by atoms with van der Waals surface area (Å²) < 4.78 is 0. The molecule has 2 N–H and O–H groups in total. The summed E-state index contributed by atoms with van der Waals surface area (Å²) in [4.78, 5) is 26.4. The van der Waals surface area contributed by atoms with Crippen molar-refractivity contribution in [3.05, 3.63) is 29.6 Å². The molecule has 5 nitrogen and oxygen atoms in total. The van der Waals surface area contributed by atoms with Crippen molar-refractivity contribution in [3.63, 3.8) is 0 Å². The van der Waals surface area contributed by atoms with E-state index in [9.17, 15) is 9.59 Å². The first-order chi connectivity index (χ1) is 9.10. The van der Waals surface area contributed by atoms with Crippen LogP contribution in [0.2, 0.25) is 0 Å². The van der Waals surface area contributed by atoms with E-state index in [4.69, 9.17) is 5.11 Å². The smallest absolute Gasteiger partial charge is 0.354 e. The minimum Gasteiger partial charge on any atom is -0.477 e. The number of pyridine rings is 1. The fraction of sp³-hybridized carbons (Fsp3) is 0.462. The number of rotatable bonds is 4. The van der Waals surface area contributed by atoms with Crippen LogP contribution in [0.5, 0.6) is 0 Å². The highest BCUT2D eigenvalue weighted by Crippen LogP contribution is 2.28. The third kappa shape index (κ3) is 3.47. The molecule has 2 unspecified atom stereocenters. The van der Waals surface area contributed by atoms with Crippen molar-refractivity contribution < 1.29 is 14.7 Å². The van der Waals surface area contributed by atoms with E-state index in [0.717, 1.165) is 19.3 Å². The molecule has 0 aliphatic heterocycles. The summed E-state index contributed by atoms with van der Waals surface area (Å²) in [5, 5.41) is 12.3. The van der Waals surface area contributed by atoms with Crippen LogP contribution in [0.15, 0.2) is 18.3 Å². The van der Waals surface area contributed by atoms with Crippen LogP contribution in [0, 0.1) is 0 Å². The Balaban J connectivity index is 1.95. The molecule has 1 fully saturated rings. The summed E-state index contributed by atoms with van der Waals surface area (Å²) in [7, 11) is 0. The standard InChI is InChI=1S/C13H16N2O3S/c1-19-10-4-3-9(6-10)15-12(16)8-2-5-11(13(17)18)14-7-8/h2,5,7,9-10H,3-4,6H2,1H3,(H,15,16)(H,17,18). The summed E-state index contributed by atoms with van der Waals surface area (Å²) in [5.41, 5.74) is 0.345. The molecule has 1 aromatic heterocycles. The van der Waals surface area contributed by atoms with Crippen molar-refractivity contribution in [3.8, 4) is 0 Å². The average molecular weight is 280 g/mol. The van der Waals surface area contributed by atoms with Gasteiger partial charge in [0.2, 0.25) is 0 Å². The Hall–Kier alpha value is -1.56. The zero-order valence-corrected chi connectivity index (χ0v) is 11.4. The number of nitrogens with zero attached hydrogens (tertiary/aromatic N) is 1. The maximum atomic E-state index is 12.0. The number of hydrogen-bond donors (Lipinski definition) is 2.